The maximum atomic E-state index is 12.2. The van der Waals surface area contributed by atoms with E-state index in [1.807, 2.05) is 24.4 Å². The first kappa shape index (κ1) is 17.0. The summed E-state index contributed by atoms with van der Waals surface area (Å²) in [5.74, 6) is 0.839. The average molecular weight is 327 g/mol. The van der Waals surface area contributed by atoms with Crippen LogP contribution < -0.4 is 5.32 Å². The molecule has 24 heavy (non-hydrogen) atoms. The van der Waals surface area contributed by atoms with Crippen molar-refractivity contribution < 1.29 is 4.79 Å². The van der Waals surface area contributed by atoms with Crippen LogP contribution in [0.15, 0.2) is 30.5 Å². The summed E-state index contributed by atoms with van der Waals surface area (Å²) in [6.07, 6.45) is 6.06. The van der Waals surface area contributed by atoms with E-state index in [0.29, 0.717) is 12.5 Å². The number of nitrogens with one attached hydrogen (secondary N) is 2. The lowest BCUT2D eigenvalue weighted by atomic mass is 9.94. The van der Waals surface area contributed by atoms with Crippen LogP contribution in [0.3, 0.4) is 0 Å². The van der Waals surface area contributed by atoms with Crippen LogP contribution >= 0.6 is 0 Å². The highest BCUT2D eigenvalue weighted by Gasteiger charge is 2.21. The number of para-hydroxylation sites is 1. The Morgan fingerprint density at radius 3 is 3.04 bits per heavy atom. The molecule has 4 heteroatoms. The van der Waals surface area contributed by atoms with Gasteiger partial charge in [-0.2, -0.15) is 0 Å². The number of nitrogens with zero attached hydrogens (tertiary/aromatic N) is 1. The first-order valence-electron chi connectivity index (χ1n) is 9.19. The third-order valence-electron chi connectivity index (χ3n) is 5.18. The summed E-state index contributed by atoms with van der Waals surface area (Å²) < 4.78 is 0. The van der Waals surface area contributed by atoms with E-state index in [4.69, 9.17) is 0 Å². The molecule has 1 amide bonds. The zero-order chi connectivity index (χ0) is 16.9. The maximum absolute atomic E-state index is 12.2. The molecule has 1 aromatic carbocycles. The van der Waals surface area contributed by atoms with E-state index < -0.39 is 0 Å². The zero-order valence-corrected chi connectivity index (χ0v) is 14.8. The van der Waals surface area contributed by atoms with E-state index in [0.717, 1.165) is 35.3 Å². The lowest BCUT2D eigenvalue weighted by Gasteiger charge is -2.35. The molecule has 0 unspecified atom stereocenters. The van der Waals surface area contributed by atoms with Crippen LogP contribution in [0.2, 0.25) is 0 Å². The SMILES string of the molecule is CC(C)N1CCC[C@H](CCNC(=O)Cc2c[nH]c3ccccc23)C1. The smallest absolute Gasteiger partial charge is 0.224 e. The maximum Gasteiger partial charge on any atom is 0.224 e. The molecule has 130 valence electrons. The molecule has 1 atom stereocenters. The monoisotopic (exact) mass is 327 g/mol. The fourth-order valence-electron chi connectivity index (χ4n) is 3.73. The van der Waals surface area contributed by atoms with Crippen molar-refractivity contribution in [3.05, 3.63) is 36.0 Å². The molecular formula is C20H29N3O. The second-order valence-corrected chi connectivity index (χ2v) is 7.27. The van der Waals surface area contributed by atoms with Crippen molar-refractivity contribution in [1.82, 2.24) is 15.2 Å². The molecule has 2 heterocycles. The Labute approximate surface area is 144 Å². The first-order chi connectivity index (χ1) is 11.6. The molecule has 2 aromatic rings. The van der Waals surface area contributed by atoms with Crippen LogP contribution in [-0.4, -0.2) is 41.5 Å². The number of amides is 1. The van der Waals surface area contributed by atoms with E-state index in [9.17, 15) is 4.79 Å². The van der Waals surface area contributed by atoms with E-state index in [-0.39, 0.29) is 5.91 Å². The van der Waals surface area contributed by atoms with Gasteiger partial charge in [0.25, 0.3) is 0 Å². The topological polar surface area (TPSA) is 48.1 Å². The number of hydrogen-bond acceptors (Lipinski definition) is 2. The fraction of sp³-hybridized carbons (Fsp3) is 0.550. The van der Waals surface area contributed by atoms with E-state index in [1.54, 1.807) is 0 Å². The molecule has 0 aliphatic carbocycles. The lowest BCUT2D eigenvalue weighted by Crippen LogP contribution is -2.41. The van der Waals surface area contributed by atoms with Gasteiger partial charge in [-0.1, -0.05) is 18.2 Å². The number of likely N-dealkylation sites (tertiary alicyclic amines) is 1. The van der Waals surface area contributed by atoms with Crippen LogP contribution in [0.5, 0.6) is 0 Å². The predicted octanol–water partition coefficient (Wildman–Crippen LogP) is 3.34. The molecular weight excluding hydrogens is 298 g/mol. The summed E-state index contributed by atoms with van der Waals surface area (Å²) in [6.45, 7) is 7.73. The van der Waals surface area contributed by atoms with Gasteiger partial charge in [0.05, 0.1) is 6.42 Å². The number of fused-ring (bicyclic) bond motifs is 1. The van der Waals surface area contributed by atoms with Gasteiger partial charge in [-0.15, -0.1) is 0 Å². The number of carbonyl (C=O) groups is 1. The van der Waals surface area contributed by atoms with Crippen LogP contribution in [-0.2, 0) is 11.2 Å². The summed E-state index contributed by atoms with van der Waals surface area (Å²) in [5.41, 5.74) is 2.17. The van der Waals surface area contributed by atoms with E-state index >= 15 is 0 Å². The molecule has 3 rings (SSSR count). The minimum Gasteiger partial charge on any atom is -0.361 e. The Hall–Kier alpha value is -1.81. The van der Waals surface area contributed by atoms with Gasteiger partial charge in [0.2, 0.25) is 5.91 Å². The van der Waals surface area contributed by atoms with Gasteiger partial charge in [0, 0.05) is 36.2 Å². The van der Waals surface area contributed by atoms with Crippen LogP contribution in [0.1, 0.15) is 38.7 Å². The summed E-state index contributed by atoms with van der Waals surface area (Å²) >= 11 is 0. The molecule has 0 saturated carbocycles. The van der Waals surface area contributed by atoms with Gasteiger partial charge in [-0.05, 0) is 57.2 Å². The van der Waals surface area contributed by atoms with Crippen molar-refractivity contribution in [2.24, 2.45) is 5.92 Å². The van der Waals surface area contributed by atoms with Gasteiger partial charge in [-0.25, -0.2) is 0 Å². The fourth-order valence-corrected chi connectivity index (χ4v) is 3.73. The Morgan fingerprint density at radius 2 is 2.21 bits per heavy atom. The normalized spacial score (nSPS) is 19.0. The van der Waals surface area contributed by atoms with Crippen LogP contribution in [0.25, 0.3) is 10.9 Å². The highest BCUT2D eigenvalue weighted by molar-refractivity contribution is 5.88. The van der Waals surface area contributed by atoms with Gasteiger partial charge < -0.3 is 15.2 Å². The van der Waals surface area contributed by atoms with Crippen molar-refractivity contribution in [3.8, 4) is 0 Å². The van der Waals surface area contributed by atoms with Crippen molar-refractivity contribution in [2.45, 2.75) is 45.6 Å². The summed E-state index contributed by atoms with van der Waals surface area (Å²) in [7, 11) is 0. The Bertz CT molecular complexity index is 676. The minimum absolute atomic E-state index is 0.122. The van der Waals surface area contributed by atoms with Crippen LogP contribution in [0.4, 0.5) is 0 Å². The highest BCUT2D eigenvalue weighted by Crippen LogP contribution is 2.21. The van der Waals surface area contributed by atoms with Gasteiger partial charge >= 0.3 is 0 Å². The van der Waals surface area contributed by atoms with Crippen LogP contribution in [0, 0.1) is 5.92 Å². The standard InChI is InChI=1S/C20H29N3O/c1-15(2)23-11-5-6-16(14-23)9-10-21-20(24)12-17-13-22-19-8-4-3-7-18(17)19/h3-4,7-8,13,15-16,22H,5-6,9-12,14H2,1-2H3,(H,21,24)/t16-/m1/s1. The van der Waals surface area contributed by atoms with E-state index in [2.05, 4.69) is 35.1 Å². The van der Waals surface area contributed by atoms with Gasteiger partial charge in [0.15, 0.2) is 0 Å². The van der Waals surface area contributed by atoms with E-state index in [1.165, 1.54) is 25.9 Å². The molecule has 0 radical (unpaired) electrons. The molecule has 1 fully saturated rings. The Morgan fingerprint density at radius 1 is 1.38 bits per heavy atom. The number of aromatic nitrogens is 1. The first-order valence-corrected chi connectivity index (χ1v) is 9.19. The van der Waals surface area contributed by atoms with Gasteiger partial charge in [-0.3, -0.25) is 4.79 Å². The number of carbonyl (C=O) groups excluding carboxylic acids is 1. The minimum atomic E-state index is 0.122. The Kier molecular flexibility index (Phi) is 5.56. The number of rotatable bonds is 6. The molecule has 1 aliphatic rings. The number of benzene rings is 1. The van der Waals surface area contributed by atoms with Crippen molar-refractivity contribution in [1.29, 1.82) is 0 Å². The summed E-state index contributed by atoms with van der Waals surface area (Å²) in [6, 6.07) is 8.76. The third-order valence-corrected chi connectivity index (χ3v) is 5.18. The largest absolute Gasteiger partial charge is 0.361 e. The number of piperidine rings is 1. The Balaban J connectivity index is 1.44. The second kappa shape index (κ2) is 7.84. The quantitative estimate of drug-likeness (QED) is 0.855. The van der Waals surface area contributed by atoms with Crippen molar-refractivity contribution in [2.75, 3.05) is 19.6 Å². The third kappa shape index (κ3) is 4.18. The lowest BCUT2D eigenvalue weighted by molar-refractivity contribution is -0.120. The summed E-state index contributed by atoms with van der Waals surface area (Å²) in [5, 5.41) is 4.25. The number of H-pyrrole nitrogens is 1. The zero-order valence-electron chi connectivity index (χ0n) is 14.8. The molecule has 1 aromatic heterocycles. The molecule has 0 bridgehead atoms. The predicted molar refractivity (Wildman–Crippen MR) is 99.1 cm³/mol. The average Bonchev–Trinajstić information content (AvgIpc) is 2.98. The number of aromatic amines is 1. The molecule has 1 saturated heterocycles. The highest BCUT2D eigenvalue weighted by atomic mass is 16.1. The molecule has 2 N–H and O–H groups in total. The van der Waals surface area contributed by atoms with Gasteiger partial charge in [0.1, 0.15) is 0 Å². The number of hydrogen-bond donors (Lipinski definition) is 2. The molecule has 4 nitrogen and oxygen atoms in total. The molecule has 1 aliphatic heterocycles. The second-order valence-electron chi connectivity index (χ2n) is 7.27. The van der Waals surface area contributed by atoms with Crippen molar-refractivity contribution >= 4 is 16.8 Å². The van der Waals surface area contributed by atoms with Crippen molar-refractivity contribution in [3.63, 3.8) is 0 Å². The molecule has 0 spiro atoms. The summed E-state index contributed by atoms with van der Waals surface area (Å²) in [4.78, 5) is 18.0.